The number of hydrogen-bond donors (Lipinski definition) is 1. The zero-order chi connectivity index (χ0) is 13.8. The average molecular weight is 261 g/mol. The van der Waals surface area contributed by atoms with Gasteiger partial charge in [0.15, 0.2) is 0 Å². The SMILES string of the molecule is CCOC(=O)NC(=O)c1ccccc1C(F)(F)F. The van der Waals surface area contributed by atoms with Gasteiger partial charge < -0.3 is 4.74 Å². The van der Waals surface area contributed by atoms with Crippen LogP contribution in [-0.4, -0.2) is 18.6 Å². The van der Waals surface area contributed by atoms with Crippen molar-refractivity contribution in [2.45, 2.75) is 13.1 Å². The lowest BCUT2D eigenvalue weighted by Crippen LogP contribution is -2.32. The van der Waals surface area contributed by atoms with E-state index >= 15 is 0 Å². The van der Waals surface area contributed by atoms with Gasteiger partial charge in [-0.2, -0.15) is 13.2 Å². The summed E-state index contributed by atoms with van der Waals surface area (Å²) in [4.78, 5) is 22.4. The number of amides is 2. The highest BCUT2D eigenvalue weighted by Crippen LogP contribution is 2.31. The predicted octanol–water partition coefficient (Wildman–Crippen LogP) is 2.59. The molecule has 0 heterocycles. The van der Waals surface area contributed by atoms with Crippen molar-refractivity contribution in [1.29, 1.82) is 0 Å². The van der Waals surface area contributed by atoms with Gasteiger partial charge in [-0.15, -0.1) is 0 Å². The Labute approximate surface area is 101 Å². The second-order valence-electron chi connectivity index (χ2n) is 3.22. The Balaban J connectivity index is 2.96. The lowest BCUT2D eigenvalue weighted by molar-refractivity contribution is -0.137. The molecule has 0 atom stereocenters. The molecule has 18 heavy (non-hydrogen) atoms. The molecule has 1 aromatic carbocycles. The fraction of sp³-hybridized carbons (Fsp3) is 0.273. The Kier molecular flexibility index (Phi) is 4.30. The van der Waals surface area contributed by atoms with Crippen LogP contribution in [0.15, 0.2) is 24.3 Å². The van der Waals surface area contributed by atoms with Gasteiger partial charge in [-0.05, 0) is 19.1 Å². The van der Waals surface area contributed by atoms with E-state index in [-0.39, 0.29) is 6.61 Å². The zero-order valence-corrected chi connectivity index (χ0v) is 9.38. The van der Waals surface area contributed by atoms with Crippen LogP contribution in [0.25, 0.3) is 0 Å². The number of carbonyl (C=O) groups is 2. The number of alkyl halides is 3. The maximum atomic E-state index is 12.6. The molecule has 0 aliphatic carbocycles. The van der Waals surface area contributed by atoms with Crippen LogP contribution in [-0.2, 0) is 10.9 Å². The molecule has 1 N–H and O–H groups in total. The fourth-order valence-electron chi connectivity index (χ4n) is 1.26. The van der Waals surface area contributed by atoms with E-state index in [1.54, 1.807) is 5.32 Å². The first-order chi connectivity index (χ1) is 8.36. The summed E-state index contributed by atoms with van der Waals surface area (Å²) in [7, 11) is 0. The molecule has 0 radical (unpaired) electrons. The minimum absolute atomic E-state index is 0.0139. The Hall–Kier alpha value is -2.05. The topological polar surface area (TPSA) is 55.4 Å². The van der Waals surface area contributed by atoms with Gasteiger partial charge in [-0.25, -0.2) is 4.79 Å². The number of benzene rings is 1. The predicted molar refractivity (Wildman–Crippen MR) is 55.9 cm³/mol. The van der Waals surface area contributed by atoms with Crippen molar-refractivity contribution < 1.29 is 27.5 Å². The smallest absolute Gasteiger partial charge is 0.417 e. The molecule has 0 saturated carbocycles. The molecule has 0 aliphatic heterocycles. The van der Waals surface area contributed by atoms with Crippen molar-refractivity contribution in [1.82, 2.24) is 5.32 Å². The van der Waals surface area contributed by atoms with Crippen molar-refractivity contribution >= 4 is 12.0 Å². The van der Waals surface area contributed by atoms with Crippen LogP contribution in [0.4, 0.5) is 18.0 Å². The van der Waals surface area contributed by atoms with Crippen molar-refractivity contribution in [3.8, 4) is 0 Å². The van der Waals surface area contributed by atoms with Crippen LogP contribution in [0.5, 0.6) is 0 Å². The normalized spacial score (nSPS) is 10.9. The number of imide groups is 1. The molecular weight excluding hydrogens is 251 g/mol. The standard InChI is InChI=1S/C11H10F3NO3/c1-2-18-10(17)15-9(16)7-5-3-4-6-8(7)11(12,13)14/h3-6H,2H2,1H3,(H,15,16,17). The summed E-state index contributed by atoms with van der Waals surface area (Å²) < 4.78 is 42.2. The van der Waals surface area contributed by atoms with Gasteiger partial charge in [0, 0.05) is 0 Å². The minimum Gasteiger partial charge on any atom is -0.450 e. The van der Waals surface area contributed by atoms with E-state index in [1.807, 2.05) is 0 Å². The van der Waals surface area contributed by atoms with Gasteiger partial charge >= 0.3 is 12.3 Å². The molecule has 0 fully saturated rings. The Morgan fingerprint density at radius 3 is 2.44 bits per heavy atom. The second kappa shape index (κ2) is 5.52. The molecule has 2 amide bonds. The highest BCUT2D eigenvalue weighted by Gasteiger charge is 2.35. The third kappa shape index (κ3) is 3.47. The molecule has 1 aromatic rings. The summed E-state index contributed by atoms with van der Waals surface area (Å²) >= 11 is 0. The summed E-state index contributed by atoms with van der Waals surface area (Å²) in [6.07, 6.45) is -5.75. The highest BCUT2D eigenvalue weighted by atomic mass is 19.4. The first kappa shape index (κ1) is 14.0. The molecule has 4 nitrogen and oxygen atoms in total. The van der Waals surface area contributed by atoms with E-state index < -0.39 is 29.3 Å². The van der Waals surface area contributed by atoms with Crippen LogP contribution < -0.4 is 5.32 Å². The lowest BCUT2D eigenvalue weighted by Gasteiger charge is -2.11. The number of halogens is 3. The third-order valence-electron chi connectivity index (χ3n) is 1.97. The van der Waals surface area contributed by atoms with Crippen LogP contribution >= 0.6 is 0 Å². The van der Waals surface area contributed by atoms with E-state index in [0.717, 1.165) is 18.2 Å². The number of nitrogens with one attached hydrogen (secondary N) is 1. The number of rotatable bonds is 2. The van der Waals surface area contributed by atoms with Gasteiger partial charge in [0.05, 0.1) is 17.7 Å². The number of hydrogen-bond acceptors (Lipinski definition) is 3. The summed E-state index contributed by atoms with van der Waals surface area (Å²) in [5, 5.41) is 1.71. The van der Waals surface area contributed by atoms with E-state index in [1.165, 1.54) is 13.0 Å². The Morgan fingerprint density at radius 1 is 1.28 bits per heavy atom. The van der Waals surface area contributed by atoms with E-state index in [0.29, 0.717) is 0 Å². The Bertz CT molecular complexity index is 457. The first-order valence-corrected chi connectivity index (χ1v) is 5.00. The molecule has 0 saturated heterocycles. The van der Waals surface area contributed by atoms with Crippen LogP contribution in [0.1, 0.15) is 22.8 Å². The third-order valence-corrected chi connectivity index (χ3v) is 1.97. The number of carbonyl (C=O) groups excluding carboxylic acids is 2. The average Bonchev–Trinajstić information content (AvgIpc) is 2.28. The quantitative estimate of drug-likeness (QED) is 0.890. The molecule has 0 bridgehead atoms. The summed E-state index contributed by atoms with van der Waals surface area (Å²) in [6.45, 7) is 1.52. The molecule has 1 rings (SSSR count). The van der Waals surface area contributed by atoms with Crippen molar-refractivity contribution in [2.75, 3.05) is 6.61 Å². The monoisotopic (exact) mass is 261 g/mol. The zero-order valence-electron chi connectivity index (χ0n) is 9.38. The van der Waals surface area contributed by atoms with Crippen molar-refractivity contribution in [2.24, 2.45) is 0 Å². The van der Waals surface area contributed by atoms with Crippen molar-refractivity contribution in [3.05, 3.63) is 35.4 Å². The summed E-state index contributed by atoms with van der Waals surface area (Å²) in [5.41, 5.74) is -1.73. The maximum Gasteiger partial charge on any atom is 0.417 e. The first-order valence-electron chi connectivity index (χ1n) is 5.00. The second-order valence-corrected chi connectivity index (χ2v) is 3.22. The van der Waals surface area contributed by atoms with E-state index in [9.17, 15) is 22.8 Å². The molecular formula is C11H10F3NO3. The summed E-state index contributed by atoms with van der Waals surface area (Å²) in [5.74, 6) is -1.15. The van der Waals surface area contributed by atoms with Gasteiger partial charge in [0.1, 0.15) is 0 Å². The van der Waals surface area contributed by atoms with Crippen LogP contribution in [0.2, 0.25) is 0 Å². The molecule has 0 spiro atoms. The largest absolute Gasteiger partial charge is 0.450 e. The van der Waals surface area contributed by atoms with Crippen LogP contribution in [0, 0.1) is 0 Å². The molecule has 0 aliphatic rings. The minimum atomic E-state index is -4.66. The Morgan fingerprint density at radius 2 is 1.89 bits per heavy atom. The molecule has 7 heteroatoms. The molecule has 98 valence electrons. The highest BCUT2D eigenvalue weighted by molar-refractivity contribution is 6.03. The number of ether oxygens (including phenoxy) is 1. The van der Waals surface area contributed by atoms with Crippen molar-refractivity contribution in [3.63, 3.8) is 0 Å². The van der Waals surface area contributed by atoms with E-state index in [2.05, 4.69) is 4.74 Å². The van der Waals surface area contributed by atoms with Gasteiger partial charge in [0.2, 0.25) is 0 Å². The summed E-state index contributed by atoms with van der Waals surface area (Å²) in [6, 6.07) is 4.18. The lowest BCUT2D eigenvalue weighted by atomic mass is 10.1. The molecule has 0 unspecified atom stereocenters. The molecule has 0 aromatic heterocycles. The van der Waals surface area contributed by atoms with Gasteiger partial charge in [-0.3, -0.25) is 10.1 Å². The van der Waals surface area contributed by atoms with E-state index in [4.69, 9.17) is 0 Å². The fourth-order valence-corrected chi connectivity index (χ4v) is 1.26. The van der Waals surface area contributed by atoms with Crippen LogP contribution in [0.3, 0.4) is 0 Å². The number of alkyl carbamates (subject to hydrolysis) is 1. The van der Waals surface area contributed by atoms with Gasteiger partial charge in [0.25, 0.3) is 5.91 Å². The maximum absolute atomic E-state index is 12.6. The van der Waals surface area contributed by atoms with Gasteiger partial charge in [-0.1, -0.05) is 12.1 Å².